The highest BCUT2D eigenvalue weighted by Crippen LogP contribution is 2.68. The summed E-state index contributed by atoms with van der Waals surface area (Å²) in [5.41, 5.74) is -3.01. The molecule has 0 saturated carbocycles. The van der Waals surface area contributed by atoms with Gasteiger partial charge in [-0.15, -0.1) is 0 Å². The van der Waals surface area contributed by atoms with Crippen molar-refractivity contribution in [3.63, 3.8) is 0 Å². The fourth-order valence-electron chi connectivity index (χ4n) is 4.56. The zero-order valence-electron chi connectivity index (χ0n) is 15.7. The average molecular weight is 389 g/mol. The zero-order valence-corrected chi connectivity index (χ0v) is 15.7. The van der Waals surface area contributed by atoms with E-state index in [9.17, 15) is 20.2 Å². The number of hydrogen-bond donors (Lipinski definition) is 1. The van der Waals surface area contributed by atoms with Crippen LogP contribution < -0.4 is 0 Å². The number of hydrogen-bond acceptors (Lipinski definition) is 6. The number of rotatable bonds is 2. The molecule has 0 radical (unpaired) electrons. The van der Waals surface area contributed by atoms with Gasteiger partial charge >= 0.3 is 0 Å². The van der Waals surface area contributed by atoms with E-state index in [1.54, 1.807) is 36.9 Å². The van der Waals surface area contributed by atoms with Crippen molar-refractivity contribution in [1.82, 2.24) is 4.57 Å². The van der Waals surface area contributed by atoms with Crippen molar-refractivity contribution < 1.29 is 13.9 Å². The molecule has 8 heteroatoms. The van der Waals surface area contributed by atoms with Gasteiger partial charge in [0.25, 0.3) is 0 Å². The summed E-state index contributed by atoms with van der Waals surface area (Å²) < 4.78 is 27.4. The topological polar surface area (TPSA) is 119 Å². The predicted octanol–water partition coefficient (Wildman–Crippen LogP) is 3.28. The van der Waals surface area contributed by atoms with Crippen molar-refractivity contribution in [2.75, 3.05) is 0 Å². The van der Waals surface area contributed by atoms with E-state index in [0.29, 0.717) is 11.3 Å². The Bertz CT molecular complexity index is 1120. The van der Waals surface area contributed by atoms with Crippen LogP contribution >= 0.6 is 0 Å². The van der Waals surface area contributed by atoms with Crippen LogP contribution in [0.15, 0.2) is 42.6 Å². The highest BCUT2D eigenvalue weighted by Gasteiger charge is 2.80. The lowest BCUT2D eigenvalue weighted by atomic mass is 9.54. The third kappa shape index (κ3) is 1.98. The van der Waals surface area contributed by atoms with Gasteiger partial charge in [0.1, 0.15) is 11.9 Å². The predicted molar refractivity (Wildman–Crippen MR) is 97.0 cm³/mol. The summed E-state index contributed by atoms with van der Waals surface area (Å²) >= 11 is 0. The number of nitrogens with one attached hydrogen (secondary N) is 1. The molecule has 0 spiro atoms. The molecule has 2 bridgehead atoms. The molecule has 4 atom stereocenters. The number of fused-ring (bicyclic) bond motifs is 2. The number of aromatic nitrogens is 1. The Hall–Kier alpha value is -3.67. The molecule has 1 N–H and O–H groups in total. The summed E-state index contributed by atoms with van der Waals surface area (Å²) in [4.78, 5) is 0. The van der Waals surface area contributed by atoms with Crippen LogP contribution in [0, 0.1) is 62.0 Å². The van der Waals surface area contributed by atoms with Crippen molar-refractivity contribution in [3.05, 3.63) is 59.7 Å². The van der Waals surface area contributed by atoms with E-state index < -0.39 is 40.4 Å². The first kappa shape index (κ1) is 18.7. The molecule has 4 unspecified atom stereocenters. The summed E-state index contributed by atoms with van der Waals surface area (Å²) in [6, 6.07) is 14.8. The van der Waals surface area contributed by atoms with Crippen molar-refractivity contribution >= 4 is 5.90 Å². The number of nitriles is 3. The maximum Gasteiger partial charge on any atom is 0.244 e. The van der Waals surface area contributed by atoms with Gasteiger partial charge in [-0.05, 0) is 36.4 Å². The van der Waals surface area contributed by atoms with Crippen molar-refractivity contribution in [1.29, 1.82) is 21.2 Å². The molecule has 2 aliphatic rings. The molecule has 2 aromatic rings. The van der Waals surface area contributed by atoms with E-state index >= 15 is 0 Å². The third-order valence-electron chi connectivity index (χ3n) is 6.17. The van der Waals surface area contributed by atoms with Crippen LogP contribution in [-0.2, 0) is 22.3 Å². The summed E-state index contributed by atoms with van der Waals surface area (Å²) in [7, 11) is 1.73. The maximum absolute atomic E-state index is 13.5. The average Bonchev–Trinajstić information content (AvgIpc) is 3.20. The van der Waals surface area contributed by atoms with E-state index in [0.717, 1.165) is 0 Å². The Morgan fingerprint density at radius 3 is 2.28 bits per heavy atom. The second-order valence-corrected chi connectivity index (χ2v) is 7.32. The molecule has 0 aliphatic carbocycles. The third-order valence-corrected chi connectivity index (χ3v) is 6.17. The normalized spacial score (nSPS) is 31.9. The number of benzene rings is 1. The summed E-state index contributed by atoms with van der Waals surface area (Å²) in [5, 5.41) is 39.0. The van der Waals surface area contributed by atoms with Gasteiger partial charge < -0.3 is 14.0 Å². The highest BCUT2D eigenvalue weighted by atomic mass is 19.1. The van der Waals surface area contributed by atoms with Gasteiger partial charge in [-0.1, -0.05) is 6.92 Å². The molecule has 3 heterocycles. The van der Waals surface area contributed by atoms with Gasteiger partial charge in [-0.3, -0.25) is 5.41 Å². The summed E-state index contributed by atoms with van der Waals surface area (Å²) in [5.74, 6) is -3.46. The lowest BCUT2D eigenvalue weighted by molar-refractivity contribution is -0.289. The highest BCUT2D eigenvalue weighted by molar-refractivity contribution is 5.89. The van der Waals surface area contributed by atoms with Gasteiger partial charge in [0.05, 0.1) is 24.1 Å². The summed E-state index contributed by atoms with van der Waals surface area (Å²) in [6.45, 7) is 1.61. The minimum Gasteiger partial charge on any atom is -0.443 e. The standard InChI is InChI=1S/C21H16FN5O2/c1-13-20(12-25)18(26)29-21(13,14-5-7-15(22)8-6-14)28-17(19(20,10-23)11-24)16-4-3-9-27(16)2/h3-9,13,17,26H,1-2H3. The minimum atomic E-state index is -2.02. The molecule has 29 heavy (non-hydrogen) atoms. The van der Waals surface area contributed by atoms with Crippen LogP contribution in [0.5, 0.6) is 0 Å². The second kappa shape index (κ2) is 5.91. The minimum absolute atomic E-state index is 0.400. The molecule has 144 valence electrons. The molecule has 2 aliphatic heterocycles. The van der Waals surface area contributed by atoms with Crippen molar-refractivity contribution in [2.24, 2.45) is 23.8 Å². The van der Waals surface area contributed by atoms with Crippen LogP contribution in [0.4, 0.5) is 4.39 Å². The van der Waals surface area contributed by atoms with E-state index in [-0.39, 0.29) is 0 Å². The lowest BCUT2D eigenvalue weighted by Crippen LogP contribution is -2.57. The Morgan fingerprint density at radius 1 is 1.10 bits per heavy atom. The monoisotopic (exact) mass is 389 g/mol. The summed E-state index contributed by atoms with van der Waals surface area (Å²) in [6.07, 6.45) is 0.551. The SMILES string of the molecule is CC1C2(c3ccc(F)cc3)OC(=N)C1(C#N)C(C#N)(C#N)C(c1cccn1C)O2. The Labute approximate surface area is 166 Å². The van der Waals surface area contributed by atoms with E-state index in [1.165, 1.54) is 24.3 Å². The smallest absolute Gasteiger partial charge is 0.244 e. The van der Waals surface area contributed by atoms with Crippen LogP contribution in [0.2, 0.25) is 0 Å². The Kier molecular flexibility index (Phi) is 3.81. The van der Waals surface area contributed by atoms with Gasteiger partial charge in [-0.2, -0.15) is 15.8 Å². The van der Waals surface area contributed by atoms with E-state index in [4.69, 9.17) is 14.9 Å². The van der Waals surface area contributed by atoms with Gasteiger partial charge in [0.15, 0.2) is 5.41 Å². The van der Waals surface area contributed by atoms with Crippen LogP contribution in [0.25, 0.3) is 0 Å². The van der Waals surface area contributed by atoms with Crippen LogP contribution in [0.1, 0.15) is 24.3 Å². The number of ether oxygens (including phenoxy) is 2. The molecular formula is C21H16FN5O2. The van der Waals surface area contributed by atoms with Gasteiger partial charge in [0, 0.05) is 24.5 Å². The van der Waals surface area contributed by atoms with E-state index in [1.807, 2.05) is 12.1 Å². The molecule has 4 rings (SSSR count). The van der Waals surface area contributed by atoms with Crippen molar-refractivity contribution in [2.45, 2.75) is 18.8 Å². The fourth-order valence-corrected chi connectivity index (χ4v) is 4.56. The first-order valence-electron chi connectivity index (χ1n) is 8.90. The number of halogens is 1. The quantitative estimate of drug-likeness (QED) is 0.845. The zero-order chi connectivity index (χ0) is 21.0. The second-order valence-electron chi connectivity index (χ2n) is 7.32. The van der Waals surface area contributed by atoms with Crippen LogP contribution in [0.3, 0.4) is 0 Å². The fraction of sp³-hybridized carbons (Fsp3) is 0.333. The first-order valence-corrected chi connectivity index (χ1v) is 8.90. The first-order chi connectivity index (χ1) is 13.8. The van der Waals surface area contributed by atoms with Gasteiger partial charge in [0.2, 0.25) is 17.1 Å². The number of nitrogens with zero attached hydrogens (tertiary/aromatic N) is 4. The lowest BCUT2D eigenvalue weighted by Gasteiger charge is -2.48. The Morgan fingerprint density at radius 2 is 1.76 bits per heavy atom. The van der Waals surface area contributed by atoms with E-state index in [2.05, 4.69) is 6.07 Å². The van der Waals surface area contributed by atoms with Crippen molar-refractivity contribution in [3.8, 4) is 18.2 Å². The molecule has 7 nitrogen and oxygen atoms in total. The Balaban J connectivity index is 2.05. The molecule has 2 saturated heterocycles. The molecular weight excluding hydrogens is 373 g/mol. The maximum atomic E-state index is 13.5. The molecule has 2 fully saturated rings. The molecule has 0 amide bonds. The number of aryl methyl sites for hydroxylation is 1. The largest absolute Gasteiger partial charge is 0.443 e. The molecule has 1 aromatic heterocycles. The molecule has 1 aromatic carbocycles. The van der Waals surface area contributed by atoms with Gasteiger partial charge in [-0.25, -0.2) is 4.39 Å². The van der Waals surface area contributed by atoms with Crippen LogP contribution in [-0.4, -0.2) is 10.5 Å².